The van der Waals surface area contributed by atoms with Crippen LogP contribution < -0.4 is 10.1 Å². The summed E-state index contributed by atoms with van der Waals surface area (Å²) < 4.78 is 5.04. The number of pyridine rings is 1. The number of nitrogens with zero attached hydrogens (tertiary/aromatic N) is 1. The summed E-state index contributed by atoms with van der Waals surface area (Å²) in [5, 5.41) is 20.6. The van der Waals surface area contributed by atoms with Gasteiger partial charge in [0.25, 0.3) is 0 Å². The summed E-state index contributed by atoms with van der Waals surface area (Å²) in [6, 6.07) is 3.52. The van der Waals surface area contributed by atoms with Crippen molar-refractivity contribution in [1.29, 1.82) is 0 Å². The second-order valence-electron chi connectivity index (χ2n) is 2.77. The maximum atomic E-state index is 9.10. The highest BCUT2D eigenvalue weighted by atomic mass is 16.5. The number of aliphatic hydroxyl groups is 2. The lowest BCUT2D eigenvalue weighted by Crippen LogP contribution is -2.23. The normalized spacial score (nSPS) is 12.2. The molecule has 0 saturated heterocycles. The van der Waals surface area contributed by atoms with E-state index in [-0.39, 0.29) is 13.2 Å². The Morgan fingerprint density at radius 1 is 1.64 bits per heavy atom. The Morgan fingerprint density at radius 3 is 3.07 bits per heavy atom. The van der Waals surface area contributed by atoms with Crippen LogP contribution in [0.25, 0.3) is 0 Å². The van der Waals surface area contributed by atoms with Gasteiger partial charge in [-0.15, -0.1) is 0 Å². The van der Waals surface area contributed by atoms with Crippen LogP contribution in [-0.4, -0.2) is 41.6 Å². The van der Waals surface area contributed by atoms with E-state index >= 15 is 0 Å². The molecule has 0 saturated carbocycles. The number of anilines is 1. The monoisotopic (exact) mass is 198 g/mol. The Hall–Kier alpha value is -1.33. The number of methoxy groups -OCH3 is 1. The van der Waals surface area contributed by atoms with Gasteiger partial charge in [0.05, 0.1) is 19.8 Å². The smallest absolute Gasteiger partial charge is 0.168 e. The van der Waals surface area contributed by atoms with Crippen molar-refractivity contribution in [3.63, 3.8) is 0 Å². The average molecular weight is 198 g/mol. The fraction of sp³-hybridized carbons (Fsp3) is 0.444. The third-order valence-electron chi connectivity index (χ3n) is 1.71. The lowest BCUT2D eigenvalue weighted by Gasteiger charge is -2.11. The van der Waals surface area contributed by atoms with E-state index in [1.54, 1.807) is 25.4 Å². The van der Waals surface area contributed by atoms with Crippen molar-refractivity contribution in [1.82, 2.24) is 4.98 Å². The zero-order valence-electron chi connectivity index (χ0n) is 7.97. The largest absolute Gasteiger partial charge is 0.493 e. The van der Waals surface area contributed by atoms with Gasteiger partial charge in [0.15, 0.2) is 11.6 Å². The number of aliphatic hydroxyl groups excluding tert-OH is 2. The molecule has 3 N–H and O–H groups in total. The molecular formula is C9H14N2O3. The molecule has 0 aliphatic heterocycles. The lowest BCUT2D eigenvalue weighted by molar-refractivity contribution is 0.105. The quantitative estimate of drug-likeness (QED) is 0.613. The SMILES string of the molecule is COc1cccnc1NCC(O)CO. The topological polar surface area (TPSA) is 74.6 Å². The van der Waals surface area contributed by atoms with Gasteiger partial charge in [-0.2, -0.15) is 0 Å². The van der Waals surface area contributed by atoms with Crippen molar-refractivity contribution in [3.05, 3.63) is 18.3 Å². The van der Waals surface area contributed by atoms with E-state index in [2.05, 4.69) is 10.3 Å². The highest BCUT2D eigenvalue weighted by Gasteiger charge is 2.05. The summed E-state index contributed by atoms with van der Waals surface area (Å²) in [4.78, 5) is 4.03. The van der Waals surface area contributed by atoms with Gasteiger partial charge in [-0.05, 0) is 12.1 Å². The minimum Gasteiger partial charge on any atom is -0.493 e. The fourth-order valence-corrected chi connectivity index (χ4v) is 0.967. The standard InChI is InChI=1S/C9H14N2O3/c1-14-8-3-2-4-10-9(8)11-5-7(13)6-12/h2-4,7,12-13H,5-6H2,1H3,(H,10,11). The Kier molecular flexibility index (Phi) is 4.15. The summed E-state index contributed by atoms with van der Waals surface area (Å²) >= 11 is 0. The average Bonchev–Trinajstić information content (AvgIpc) is 2.26. The third-order valence-corrected chi connectivity index (χ3v) is 1.71. The number of hydrogen-bond acceptors (Lipinski definition) is 5. The van der Waals surface area contributed by atoms with Crippen LogP contribution in [0.15, 0.2) is 18.3 Å². The van der Waals surface area contributed by atoms with Gasteiger partial charge in [-0.25, -0.2) is 4.98 Å². The second kappa shape index (κ2) is 5.41. The van der Waals surface area contributed by atoms with Crippen LogP contribution in [0.2, 0.25) is 0 Å². The Balaban J connectivity index is 2.57. The second-order valence-corrected chi connectivity index (χ2v) is 2.77. The highest BCUT2D eigenvalue weighted by Crippen LogP contribution is 2.19. The Labute approximate surface area is 82.4 Å². The summed E-state index contributed by atoms with van der Waals surface area (Å²) in [6.07, 6.45) is 0.831. The molecule has 1 rings (SSSR count). The summed E-state index contributed by atoms with van der Waals surface area (Å²) in [7, 11) is 1.55. The molecule has 78 valence electrons. The fourth-order valence-electron chi connectivity index (χ4n) is 0.967. The molecule has 0 spiro atoms. The van der Waals surface area contributed by atoms with E-state index in [4.69, 9.17) is 14.9 Å². The van der Waals surface area contributed by atoms with E-state index in [9.17, 15) is 0 Å². The zero-order valence-corrected chi connectivity index (χ0v) is 7.97. The van der Waals surface area contributed by atoms with E-state index < -0.39 is 6.10 Å². The molecule has 1 atom stereocenters. The Bertz CT molecular complexity index is 281. The van der Waals surface area contributed by atoms with Crippen LogP contribution >= 0.6 is 0 Å². The van der Waals surface area contributed by atoms with Gasteiger partial charge in [0.1, 0.15) is 0 Å². The number of nitrogens with one attached hydrogen (secondary N) is 1. The van der Waals surface area contributed by atoms with Gasteiger partial charge < -0.3 is 20.3 Å². The molecule has 0 radical (unpaired) electrons. The molecule has 5 heteroatoms. The molecule has 0 amide bonds. The summed E-state index contributed by atoms with van der Waals surface area (Å²) in [5.74, 6) is 1.17. The summed E-state index contributed by atoms with van der Waals surface area (Å²) in [6.45, 7) is -0.0357. The molecule has 1 unspecified atom stereocenters. The molecule has 0 aliphatic carbocycles. The van der Waals surface area contributed by atoms with E-state index in [0.29, 0.717) is 11.6 Å². The van der Waals surface area contributed by atoms with Crippen LogP contribution in [0.1, 0.15) is 0 Å². The van der Waals surface area contributed by atoms with Crippen LogP contribution in [-0.2, 0) is 0 Å². The molecule has 1 aromatic rings. The molecule has 1 aromatic heterocycles. The van der Waals surface area contributed by atoms with Gasteiger partial charge in [-0.1, -0.05) is 0 Å². The van der Waals surface area contributed by atoms with Gasteiger partial charge in [-0.3, -0.25) is 0 Å². The van der Waals surface area contributed by atoms with Crippen LogP contribution in [0.4, 0.5) is 5.82 Å². The zero-order chi connectivity index (χ0) is 10.4. The first kappa shape index (κ1) is 10.7. The first-order valence-corrected chi connectivity index (χ1v) is 4.29. The molecule has 0 aliphatic rings. The minimum absolute atomic E-state index is 0.240. The predicted molar refractivity (Wildman–Crippen MR) is 52.4 cm³/mol. The van der Waals surface area contributed by atoms with Crippen molar-refractivity contribution >= 4 is 5.82 Å². The molecule has 14 heavy (non-hydrogen) atoms. The first-order chi connectivity index (χ1) is 6.77. The van der Waals surface area contributed by atoms with E-state index in [0.717, 1.165) is 0 Å². The lowest BCUT2D eigenvalue weighted by atomic mass is 10.3. The van der Waals surface area contributed by atoms with E-state index in [1.165, 1.54) is 0 Å². The van der Waals surface area contributed by atoms with E-state index in [1.807, 2.05) is 0 Å². The summed E-state index contributed by atoms with van der Waals surface area (Å²) in [5.41, 5.74) is 0. The van der Waals surface area contributed by atoms with Gasteiger partial charge in [0, 0.05) is 12.7 Å². The van der Waals surface area contributed by atoms with Crippen molar-refractivity contribution < 1.29 is 14.9 Å². The highest BCUT2D eigenvalue weighted by molar-refractivity contribution is 5.49. The predicted octanol–water partition coefficient (Wildman–Crippen LogP) is -0.145. The molecule has 0 aromatic carbocycles. The van der Waals surface area contributed by atoms with Crippen molar-refractivity contribution in [2.24, 2.45) is 0 Å². The minimum atomic E-state index is -0.790. The van der Waals surface area contributed by atoms with Crippen molar-refractivity contribution in [2.75, 3.05) is 25.6 Å². The molecule has 1 heterocycles. The van der Waals surface area contributed by atoms with Crippen LogP contribution in [0.3, 0.4) is 0 Å². The maximum absolute atomic E-state index is 9.10. The number of ether oxygens (including phenoxy) is 1. The Morgan fingerprint density at radius 2 is 2.43 bits per heavy atom. The number of hydrogen-bond donors (Lipinski definition) is 3. The van der Waals surface area contributed by atoms with Gasteiger partial charge >= 0.3 is 0 Å². The molecular weight excluding hydrogens is 184 g/mol. The number of aromatic nitrogens is 1. The van der Waals surface area contributed by atoms with Gasteiger partial charge in [0.2, 0.25) is 0 Å². The van der Waals surface area contributed by atoms with Crippen molar-refractivity contribution in [3.8, 4) is 5.75 Å². The van der Waals surface area contributed by atoms with Crippen molar-refractivity contribution in [2.45, 2.75) is 6.10 Å². The first-order valence-electron chi connectivity index (χ1n) is 4.29. The van der Waals surface area contributed by atoms with Crippen LogP contribution in [0.5, 0.6) is 5.75 Å². The van der Waals surface area contributed by atoms with Crippen LogP contribution in [0, 0.1) is 0 Å². The maximum Gasteiger partial charge on any atom is 0.168 e. The number of rotatable bonds is 5. The third kappa shape index (κ3) is 2.86. The molecule has 0 fully saturated rings. The molecule has 5 nitrogen and oxygen atoms in total. The molecule has 0 bridgehead atoms.